The van der Waals surface area contributed by atoms with Crippen molar-refractivity contribution in [3.05, 3.63) is 106 Å². The first kappa shape index (κ1) is 26.5. The Kier molecular flexibility index (Phi) is 8.50. The molecule has 174 valence electrons. The van der Waals surface area contributed by atoms with Crippen molar-refractivity contribution in [1.29, 1.82) is 0 Å². The lowest BCUT2D eigenvalue weighted by Gasteiger charge is -2.05. The van der Waals surface area contributed by atoms with Gasteiger partial charge >= 0.3 is 0 Å². The van der Waals surface area contributed by atoms with Gasteiger partial charge in [0.2, 0.25) is 0 Å². The number of hydrogen-bond acceptors (Lipinski definition) is 0. The van der Waals surface area contributed by atoms with Crippen LogP contribution in [0.25, 0.3) is 0 Å². The molecule has 3 rings (SSSR count). The van der Waals surface area contributed by atoms with Crippen molar-refractivity contribution in [2.45, 2.75) is 39.3 Å². The summed E-state index contributed by atoms with van der Waals surface area (Å²) in [6, 6.07) is 21.9. The SMILES string of the molecule is C#Cc1ccc(C#Cc2ccc(C#Cc3cc(C#C[Si](C)(C)C)cc(C#C[Si](C)(C)C)c3)cc2)cc1. The maximum absolute atomic E-state index is 5.41. The molecule has 0 saturated carbocycles. The molecule has 0 N–H and O–H groups in total. The van der Waals surface area contributed by atoms with Crippen LogP contribution in [0.3, 0.4) is 0 Å². The number of terminal acetylenes is 1. The summed E-state index contributed by atoms with van der Waals surface area (Å²) in [5.74, 6) is 22.3. The number of benzene rings is 3. The largest absolute Gasteiger partial charge is 0.129 e. The minimum atomic E-state index is -1.48. The Morgan fingerprint density at radius 1 is 0.417 bits per heavy atom. The molecule has 0 heterocycles. The molecule has 0 unspecified atom stereocenters. The molecule has 0 atom stereocenters. The monoisotopic (exact) mass is 494 g/mol. The van der Waals surface area contributed by atoms with E-state index in [-0.39, 0.29) is 0 Å². The van der Waals surface area contributed by atoms with E-state index in [4.69, 9.17) is 6.42 Å². The molecule has 0 radical (unpaired) electrons. The Bertz CT molecular complexity index is 1490. The summed E-state index contributed by atoms with van der Waals surface area (Å²) in [7, 11) is -2.96. The molecule has 36 heavy (non-hydrogen) atoms. The highest BCUT2D eigenvalue weighted by Crippen LogP contribution is 2.11. The predicted molar refractivity (Wildman–Crippen MR) is 160 cm³/mol. The van der Waals surface area contributed by atoms with Crippen LogP contribution in [0, 0.1) is 59.0 Å². The number of rotatable bonds is 0. The fraction of sp³-hybridized carbons (Fsp3) is 0.176. The molecule has 0 nitrogen and oxygen atoms in total. The van der Waals surface area contributed by atoms with Crippen LogP contribution >= 0.6 is 0 Å². The van der Waals surface area contributed by atoms with Gasteiger partial charge in [0.05, 0.1) is 0 Å². The van der Waals surface area contributed by atoms with Crippen LogP contribution in [0.1, 0.15) is 38.9 Å². The lowest BCUT2D eigenvalue weighted by atomic mass is 10.1. The first-order chi connectivity index (χ1) is 17.0. The Labute approximate surface area is 219 Å². The van der Waals surface area contributed by atoms with Gasteiger partial charge in [-0.2, -0.15) is 0 Å². The normalized spacial score (nSPS) is 10.1. The standard InChI is InChI=1S/C34H30Si2/c1-8-28-9-11-29(12-10-28)13-14-30-15-17-31(18-16-30)19-20-32-25-33(21-23-35(2,3)4)27-34(26-32)22-24-36(5,6)7/h1,9-12,15-18,25-27H,2-7H3. The average molecular weight is 495 g/mol. The van der Waals surface area contributed by atoms with Gasteiger partial charge < -0.3 is 0 Å². The Hall–Kier alpha value is -4.11. The van der Waals surface area contributed by atoms with Crippen molar-refractivity contribution in [3.8, 4) is 59.0 Å². The summed E-state index contributed by atoms with van der Waals surface area (Å²) in [6.07, 6.45) is 5.41. The van der Waals surface area contributed by atoms with E-state index >= 15 is 0 Å². The first-order valence-corrected chi connectivity index (χ1v) is 18.9. The van der Waals surface area contributed by atoms with Crippen molar-refractivity contribution in [3.63, 3.8) is 0 Å². The third-order valence-electron chi connectivity index (χ3n) is 4.74. The zero-order chi connectivity index (χ0) is 26.2. The van der Waals surface area contributed by atoms with Crippen molar-refractivity contribution < 1.29 is 0 Å². The van der Waals surface area contributed by atoms with Crippen LogP contribution < -0.4 is 0 Å². The molecule has 0 fully saturated rings. The second-order valence-corrected chi connectivity index (χ2v) is 20.1. The van der Waals surface area contributed by atoms with Crippen molar-refractivity contribution >= 4 is 16.1 Å². The highest BCUT2D eigenvalue weighted by molar-refractivity contribution is 6.84. The summed E-state index contributed by atoms with van der Waals surface area (Å²) >= 11 is 0. The lowest BCUT2D eigenvalue weighted by Crippen LogP contribution is -2.16. The Balaban J connectivity index is 1.86. The van der Waals surface area contributed by atoms with Crippen LogP contribution in [-0.2, 0) is 0 Å². The van der Waals surface area contributed by atoms with Gasteiger partial charge in [-0.05, 0) is 66.7 Å². The molecule has 3 aromatic rings. The number of hydrogen-bond donors (Lipinski definition) is 0. The average Bonchev–Trinajstić information content (AvgIpc) is 2.84. The van der Waals surface area contributed by atoms with Crippen LogP contribution in [-0.4, -0.2) is 16.1 Å². The highest BCUT2D eigenvalue weighted by atomic mass is 28.3. The van der Waals surface area contributed by atoms with Gasteiger partial charge in [-0.25, -0.2) is 0 Å². The third-order valence-corrected chi connectivity index (χ3v) is 6.49. The molecule has 3 aromatic carbocycles. The quantitative estimate of drug-likeness (QED) is 0.235. The summed E-state index contributed by atoms with van der Waals surface area (Å²) in [6.45, 7) is 13.5. The maximum atomic E-state index is 5.41. The fourth-order valence-corrected chi connectivity index (χ4v) is 3.98. The van der Waals surface area contributed by atoms with E-state index in [1.807, 2.05) is 48.5 Å². The van der Waals surface area contributed by atoms with E-state index in [1.165, 1.54) is 0 Å². The molecule has 0 saturated heterocycles. The molecule has 0 aliphatic carbocycles. The van der Waals surface area contributed by atoms with Crippen molar-refractivity contribution in [2.24, 2.45) is 0 Å². The second kappa shape index (κ2) is 11.5. The van der Waals surface area contributed by atoms with Crippen LogP contribution in [0.5, 0.6) is 0 Å². The molecule has 0 bridgehead atoms. The zero-order valence-electron chi connectivity index (χ0n) is 21.9. The van der Waals surface area contributed by atoms with Crippen LogP contribution in [0.4, 0.5) is 0 Å². The van der Waals surface area contributed by atoms with Gasteiger partial charge in [0.25, 0.3) is 0 Å². The summed E-state index contributed by atoms with van der Waals surface area (Å²) < 4.78 is 0. The minimum absolute atomic E-state index is 0.854. The first-order valence-electron chi connectivity index (χ1n) is 11.9. The summed E-state index contributed by atoms with van der Waals surface area (Å²) in [4.78, 5) is 0. The van der Waals surface area contributed by atoms with E-state index in [9.17, 15) is 0 Å². The van der Waals surface area contributed by atoms with Gasteiger partial charge in [0.1, 0.15) is 16.1 Å². The molecule has 2 heteroatoms. The van der Waals surface area contributed by atoms with E-state index in [0.29, 0.717) is 0 Å². The van der Waals surface area contributed by atoms with Crippen molar-refractivity contribution in [2.75, 3.05) is 0 Å². The molecule has 0 spiro atoms. The van der Waals surface area contributed by atoms with Crippen LogP contribution in [0.2, 0.25) is 39.3 Å². The maximum Gasteiger partial charge on any atom is 0.129 e. The topological polar surface area (TPSA) is 0 Å². The van der Waals surface area contributed by atoms with Gasteiger partial charge in [-0.3, -0.25) is 0 Å². The fourth-order valence-electron chi connectivity index (χ4n) is 2.94. The summed E-state index contributed by atoms with van der Waals surface area (Å²) in [5, 5.41) is 0. The molecule has 0 aliphatic rings. The molecule has 0 aromatic heterocycles. The van der Waals surface area contributed by atoms with E-state index in [0.717, 1.165) is 38.9 Å². The van der Waals surface area contributed by atoms with Gasteiger partial charge in [-0.15, -0.1) is 17.5 Å². The zero-order valence-corrected chi connectivity index (χ0v) is 23.9. The Morgan fingerprint density at radius 2 is 0.694 bits per heavy atom. The van der Waals surface area contributed by atoms with Crippen LogP contribution in [0.15, 0.2) is 66.7 Å². The molecular weight excluding hydrogens is 465 g/mol. The van der Waals surface area contributed by atoms with E-state index in [1.54, 1.807) is 0 Å². The minimum Gasteiger partial charge on any atom is -0.127 e. The third kappa shape index (κ3) is 9.27. The van der Waals surface area contributed by atoms with Crippen molar-refractivity contribution in [1.82, 2.24) is 0 Å². The van der Waals surface area contributed by atoms with Gasteiger partial charge in [0, 0.05) is 38.9 Å². The Morgan fingerprint density at radius 3 is 1.00 bits per heavy atom. The summed E-state index contributed by atoms with van der Waals surface area (Å²) in [5.41, 5.74) is 13.5. The van der Waals surface area contributed by atoms with E-state index < -0.39 is 16.1 Å². The second-order valence-electron chi connectivity index (χ2n) is 10.6. The lowest BCUT2D eigenvalue weighted by molar-refractivity contribution is 1.55. The van der Waals surface area contributed by atoms with Gasteiger partial charge in [-0.1, -0.05) is 80.7 Å². The highest BCUT2D eigenvalue weighted by Gasteiger charge is 2.09. The smallest absolute Gasteiger partial charge is 0.127 e. The molecular formula is C34H30Si2. The molecule has 0 amide bonds. The van der Waals surface area contributed by atoms with Gasteiger partial charge in [0.15, 0.2) is 0 Å². The molecule has 0 aliphatic heterocycles. The predicted octanol–water partition coefficient (Wildman–Crippen LogP) is 6.93. The van der Waals surface area contributed by atoms with E-state index in [2.05, 4.69) is 110 Å².